The predicted molar refractivity (Wildman–Crippen MR) is 135 cm³/mol. The Balaban J connectivity index is 0.00000400. The lowest BCUT2D eigenvalue weighted by Crippen LogP contribution is -2.18. The minimum Gasteiger partial charge on any atom is -0.326 e. The summed E-state index contributed by atoms with van der Waals surface area (Å²) in [6, 6.07) is 15.8. The van der Waals surface area contributed by atoms with E-state index < -0.39 is 39.3 Å². The molecule has 1 amide bonds. The van der Waals surface area contributed by atoms with E-state index in [-0.39, 0.29) is 46.3 Å². The molecule has 4 aromatic rings. The maximum Gasteiger partial charge on any atom is 0.435 e. The number of benzene rings is 3. The van der Waals surface area contributed by atoms with Crippen LogP contribution in [-0.2, 0) is 22.7 Å². The van der Waals surface area contributed by atoms with Crippen molar-refractivity contribution >= 4 is 34.0 Å². The first-order valence-electron chi connectivity index (χ1n) is 10.6. The standard InChI is InChI=1S/C24H19F4N5O3S.ClH/c25-18-11-15(17-6-1-2-7-21(17)37(30,35)36)8-9-19(18)31-23(34)20-12-22(24(26,27)28)32-33(20)16-5-3-4-14(10-16)13-29;/h1-12H,13,29H2,(H,31,34)(H2,30,35,36);1H. The third kappa shape index (κ3) is 6.02. The van der Waals surface area contributed by atoms with Gasteiger partial charge in [-0.3, -0.25) is 4.79 Å². The molecular formula is C24H20ClF4N5O3S. The third-order valence-electron chi connectivity index (χ3n) is 5.35. The first kappa shape index (κ1) is 28.8. The molecule has 1 aromatic heterocycles. The molecule has 0 spiro atoms. The quantitative estimate of drug-likeness (QED) is 0.295. The predicted octanol–water partition coefficient (Wildman–Crippen LogP) is 4.48. The van der Waals surface area contributed by atoms with Crippen LogP contribution in [0.3, 0.4) is 0 Å². The second-order valence-corrected chi connectivity index (χ2v) is 9.42. The topological polar surface area (TPSA) is 133 Å². The lowest BCUT2D eigenvalue weighted by atomic mass is 10.0. The van der Waals surface area contributed by atoms with Gasteiger partial charge in [0.1, 0.15) is 11.5 Å². The summed E-state index contributed by atoms with van der Waals surface area (Å²) in [5.41, 5.74) is 4.48. The van der Waals surface area contributed by atoms with E-state index in [0.29, 0.717) is 11.6 Å². The number of anilines is 1. The van der Waals surface area contributed by atoms with Crippen molar-refractivity contribution in [3.8, 4) is 16.8 Å². The van der Waals surface area contributed by atoms with Crippen molar-refractivity contribution in [2.45, 2.75) is 17.6 Å². The van der Waals surface area contributed by atoms with Crippen molar-refractivity contribution < 1.29 is 30.8 Å². The average Bonchev–Trinajstić information content (AvgIpc) is 3.31. The molecule has 0 fully saturated rings. The van der Waals surface area contributed by atoms with E-state index in [4.69, 9.17) is 10.9 Å². The Morgan fingerprint density at radius 2 is 1.71 bits per heavy atom. The highest BCUT2D eigenvalue weighted by Crippen LogP contribution is 2.31. The molecule has 0 aliphatic heterocycles. The molecule has 8 nitrogen and oxygen atoms in total. The fourth-order valence-corrected chi connectivity index (χ4v) is 4.38. The van der Waals surface area contributed by atoms with E-state index in [9.17, 15) is 30.8 Å². The Bertz CT molecular complexity index is 1610. The number of halogens is 5. The molecule has 200 valence electrons. The van der Waals surface area contributed by atoms with Crippen LogP contribution in [0.1, 0.15) is 21.7 Å². The second kappa shape index (κ2) is 10.9. The highest BCUT2D eigenvalue weighted by molar-refractivity contribution is 7.89. The minimum absolute atomic E-state index is 0. The normalized spacial score (nSPS) is 11.6. The number of alkyl halides is 3. The van der Waals surface area contributed by atoms with Gasteiger partial charge in [-0.05, 0) is 41.5 Å². The maximum atomic E-state index is 14.9. The molecule has 0 saturated carbocycles. The molecule has 0 bridgehead atoms. The van der Waals surface area contributed by atoms with E-state index >= 15 is 0 Å². The molecule has 38 heavy (non-hydrogen) atoms. The Labute approximate surface area is 220 Å². The summed E-state index contributed by atoms with van der Waals surface area (Å²) in [6.07, 6.45) is -4.84. The van der Waals surface area contributed by atoms with Crippen LogP contribution in [0.5, 0.6) is 0 Å². The van der Waals surface area contributed by atoms with Crippen molar-refractivity contribution in [3.63, 3.8) is 0 Å². The number of hydrogen-bond acceptors (Lipinski definition) is 5. The van der Waals surface area contributed by atoms with Crippen molar-refractivity contribution in [2.24, 2.45) is 10.9 Å². The van der Waals surface area contributed by atoms with E-state index in [1.807, 2.05) is 0 Å². The number of amides is 1. The number of sulfonamides is 1. The number of primary sulfonamides is 1. The number of aromatic nitrogens is 2. The van der Waals surface area contributed by atoms with Crippen molar-refractivity contribution in [2.75, 3.05) is 5.32 Å². The summed E-state index contributed by atoms with van der Waals surface area (Å²) in [5.74, 6) is -2.01. The number of nitrogens with one attached hydrogen (secondary N) is 1. The molecule has 4 rings (SSSR count). The molecule has 5 N–H and O–H groups in total. The van der Waals surface area contributed by atoms with Crippen LogP contribution >= 0.6 is 12.4 Å². The Hall–Kier alpha value is -3.78. The minimum atomic E-state index is -4.84. The van der Waals surface area contributed by atoms with E-state index in [1.165, 1.54) is 42.5 Å². The Morgan fingerprint density at radius 3 is 2.34 bits per heavy atom. The summed E-state index contributed by atoms with van der Waals surface area (Å²) in [7, 11) is -4.11. The smallest absolute Gasteiger partial charge is 0.326 e. The molecule has 0 aliphatic carbocycles. The van der Waals surface area contributed by atoms with Gasteiger partial charge >= 0.3 is 6.18 Å². The van der Waals surface area contributed by atoms with Gasteiger partial charge in [0.15, 0.2) is 5.69 Å². The highest BCUT2D eigenvalue weighted by atomic mass is 35.5. The summed E-state index contributed by atoms with van der Waals surface area (Å²) in [4.78, 5) is 12.7. The second-order valence-electron chi connectivity index (χ2n) is 7.89. The van der Waals surface area contributed by atoms with Crippen molar-refractivity contribution in [3.05, 3.63) is 95.6 Å². The zero-order chi connectivity index (χ0) is 27.0. The monoisotopic (exact) mass is 569 g/mol. The van der Waals surface area contributed by atoms with Gasteiger partial charge in [0.2, 0.25) is 10.0 Å². The van der Waals surface area contributed by atoms with E-state index in [2.05, 4.69) is 10.4 Å². The maximum absolute atomic E-state index is 14.9. The number of hydrogen-bond donors (Lipinski definition) is 3. The van der Waals surface area contributed by atoms with Gasteiger partial charge in [0.05, 0.1) is 16.3 Å². The molecule has 3 aromatic carbocycles. The summed E-state index contributed by atoms with van der Waals surface area (Å²) in [5, 5.41) is 11.0. The largest absolute Gasteiger partial charge is 0.435 e. The fraction of sp³-hybridized carbons (Fsp3) is 0.0833. The SMILES string of the molecule is Cl.NCc1cccc(-n2nc(C(F)(F)F)cc2C(=O)Nc2ccc(-c3ccccc3S(N)(=O)=O)cc2F)c1. The molecule has 0 unspecified atom stereocenters. The Morgan fingerprint density at radius 1 is 1.00 bits per heavy atom. The zero-order valence-electron chi connectivity index (χ0n) is 19.2. The first-order valence-corrected chi connectivity index (χ1v) is 12.1. The van der Waals surface area contributed by atoms with Crippen LogP contribution in [-0.4, -0.2) is 24.1 Å². The van der Waals surface area contributed by atoms with E-state index in [0.717, 1.165) is 16.8 Å². The molecule has 0 radical (unpaired) electrons. The van der Waals surface area contributed by atoms with Crippen molar-refractivity contribution in [1.29, 1.82) is 0 Å². The number of carbonyl (C=O) groups is 1. The first-order chi connectivity index (χ1) is 17.4. The van der Waals surface area contributed by atoms with Gasteiger partial charge in [-0.15, -0.1) is 12.4 Å². The average molecular weight is 570 g/mol. The van der Waals surface area contributed by atoms with Gasteiger partial charge in [-0.2, -0.15) is 18.3 Å². The number of carbonyl (C=O) groups excluding carboxylic acids is 1. The van der Waals surface area contributed by atoms with Crippen LogP contribution in [0, 0.1) is 5.82 Å². The summed E-state index contributed by atoms with van der Waals surface area (Å²) >= 11 is 0. The van der Waals surface area contributed by atoms with Crippen LogP contribution in [0.25, 0.3) is 16.8 Å². The zero-order valence-corrected chi connectivity index (χ0v) is 20.9. The van der Waals surface area contributed by atoms with Gasteiger partial charge in [0, 0.05) is 18.2 Å². The molecule has 14 heteroatoms. The molecular weight excluding hydrogens is 550 g/mol. The van der Waals surface area contributed by atoms with Crippen LogP contribution < -0.4 is 16.2 Å². The van der Waals surface area contributed by atoms with Crippen LogP contribution in [0.4, 0.5) is 23.2 Å². The van der Waals surface area contributed by atoms with Crippen LogP contribution in [0.2, 0.25) is 0 Å². The number of rotatable bonds is 6. The van der Waals surface area contributed by atoms with Gasteiger partial charge in [-0.1, -0.05) is 36.4 Å². The highest BCUT2D eigenvalue weighted by Gasteiger charge is 2.36. The van der Waals surface area contributed by atoms with Crippen LogP contribution in [0.15, 0.2) is 77.7 Å². The molecule has 0 atom stereocenters. The number of nitrogens with zero attached hydrogens (tertiary/aromatic N) is 2. The summed E-state index contributed by atoms with van der Waals surface area (Å²) in [6.45, 7) is 0.106. The molecule has 1 heterocycles. The molecule has 0 aliphatic rings. The third-order valence-corrected chi connectivity index (χ3v) is 6.31. The fourth-order valence-electron chi connectivity index (χ4n) is 3.62. The molecule has 0 saturated heterocycles. The number of nitrogens with two attached hydrogens (primary N) is 2. The van der Waals surface area contributed by atoms with Gasteiger partial charge in [0.25, 0.3) is 5.91 Å². The van der Waals surface area contributed by atoms with E-state index in [1.54, 1.807) is 12.1 Å². The summed E-state index contributed by atoms with van der Waals surface area (Å²) < 4.78 is 79.6. The Kier molecular flexibility index (Phi) is 8.27. The lowest BCUT2D eigenvalue weighted by molar-refractivity contribution is -0.141. The van der Waals surface area contributed by atoms with Gasteiger partial charge < -0.3 is 11.1 Å². The lowest BCUT2D eigenvalue weighted by Gasteiger charge is -2.12. The van der Waals surface area contributed by atoms with Gasteiger partial charge in [-0.25, -0.2) is 22.6 Å². The van der Waals surface area contributed by atoms with Crippen molar-refractivity contribution in [1.82, 2.24) is 9.78 Å².